The molecule has 0 saturated heterocycles. The Balaban J connectivity index is 2.12. The van der Waals surface area contributed by atoms with E-state index in [1.807, 2.05) is 0 Å². The minimum absolute atomic E-state index is 0.116. The lowest BCUT2D eigenvalue weighted by Crippen LogP contribution is -2.37. The first-order valence-corrected chi connectivity index (χ1v) is 7.05. The van der Waals surface area contributed by atoms with Crippen molar-refractivity contribution in [2.24, 2.45) is 11.8 Å². The smallest absolute Gasteiger partial charge is 0.253 e. The van der Waals surface area contributed by atoms with E-state index in [1.54, 1.807) is 13.1 Å². The second kappa shape index (κ2) is 5.78. The molecule has 0 aliphatic heterocycles. The summed E-state index contributed by atoms with van der Waals surface area (Å²) in [6, 6.07) is 1.92. The molecule has 5 heteroatoms. The second-order valence-corrected chi connectivity index (χ2v) is 5.70. The van der Waals surface area contributed by atoms with Crippen molar-refractivity contribution in [1.82, 2.24) is 10.3 Å². The summed E-state index contributed by atoms with van der Waals surface area (Å²) in [7, 11) is 1.76. The van der Waals surface area contributed by atoms with Gasteiger partial charge in [-0.25, -0.2) is 4.98 Å². The van der Waals surface area contributed by atoms with Crippen molar-refractivity contribution in [1.29, 1.82) is 0 Å². The summed E-state index contributed by atoms with van der Waals surface area (Å²) in [6.45, 7) is 4.42. The summed E-state index contributed by atoms with van der Waals surface area (Å²) >= 11 is 6.05. The van der Waals surface area contributed by atoms with Gasteiger partial charge in [-0.15, -0.1) is 0 Å². The van der Waals surface area contributed by atoms with E-state index in [2.05, 4.69) is 29.5 Å². The summed E-state index contributed by atoms with van der Waals surface area (Å²) in [5.41, 5.74) is 0.479. The number of pyridine rings is 1. The molecule has 104 valence electrons. The fourth-order valence-corrected chi connectivity index (χ4v) is 2.75. The van der Waals surface area contributed by atoms with Crippen LogP contribution in [0.15, 0.2) is 12.3 Å². The van der Waals surface area contributed by atoms with E-state index in [-0.39, 0.29) is 11.9 Å². The molecule has 3 unspecified atom stereocenters. The molecule has 2 N–H and O–H groups in total. The summed E-state index contributed by atoms with van der Waals surface area (Å²) in [5, 5.41) is 6.38. The topological polar surface area (TPSA) is 54.0 Å². The zero-order valence-electron chi connectivity index (χ0n) is 11.5. The Morgan fingerprint density at radius 2 is 2.16 bits per heavy atom. The van der Waals surface area contributed by atoms with Gasteiger partial charge in [-0.3, -0.25) is 4.79 Å². The molecule has 1 aliphatic rings. The van der Waals surface area contributed by atoms with Gasteiger partial charge in [-0.05, 0) is 30.7 Å². The van der Waals surface area contributed by atoms with Gasteiger partial charge in [0, 0.05) is 19.3 Å². The first-order valence-electron chi connectivity index (χ1n) is 6.67. The maximum Gasteiger partial charge on any atom is 0.253 e. The van der Waals surface area contributed by atoms with E-state index in [1.165, 1.54) is 6.20 Å². The van der Waals surface area contributed by atoms with Crippen LogP contribution in [0.1, 0.15) is 37.0 Å². The minimum atomic E-state index is -0.116. The Hall–Kier alpha value is -1.29. The molecule has 1 amide bonds. The monoisotopic (exact) mass is 281 g/mol. The van der Waals surface area contributed by atoms with Crippen LogP contribution in [0.25, 0.3) is 0 Å². The first kappa shape index (κ1) is 14.1. The van der Waals surface area contributed by atoms with Crippen LogP contribution in [0.4, 0.5) is 5.82 Å². The molecule has 0 spiro atoms. The maximum absolute atomic E-state index is 12.3. The predicted octanol–water partition coefficient (Wildman–Crippen LogP) is 2.94. The van der Waals surface area contributed by atoms with Gasteiger partial charge in [-0.2, -0.15) is 0 Å². The van der Waals surface area contributed by atoms with Gasteiger partial charge in [0.1, 0.15) is 5.82 Å². The first-order chi connectivity index (χ1) is 9.02. The Kier molecular flexibility index (Phi) is 4.30. The second-order valence-electron chi connectivity index (χ2n) is 5.29. The third kappa shape index (κ3) is 3.00. The molecule has 0 aromatic carbocycles. The Labute approximate surface area is 118 Å². The number of carbonyl (C=O) groups is 1. The predicted molar refractivity (Wildman–Crippen MR) is 77.6 cm³/mol. The van der Waals surface area contributed by atoms with E-state index in [4.69, 9.17) is 11.6 Å². The normalized spacial score (nSPS) is 26.2. The Morgan fingerprint density at radius 3 is 2.74 bits per heavy atom. The van der Waals surface area contributed by atoms with Crippen molar-refractivity contribution in [3.63, 3.8) is 0 Å². The molecule has 1 saturated carbocycles. The highest BCUT2D eigenvalue weighted by molar-refractivity contribution is 6.33. The van der Waals surface area contributed by atoms with Crippen LogP contribution in [0.3, 0.4) is 0 Å². The van der Waals surface area contributed by atoms with Crippen LogP contribution in [0.2, 0.25) is 5.02 Å². The molecular weight excluding hydrogens is 262 g/mol. The highest BCUT2D eigenvalue weighted by Gasteiger charge is 2.31. The van der Waals surface area contributed by atoms with Crippen LogP contribution in [-0.4, -0.2) is 24.0 Å². The number of aromatic nitrogens is 1. The molecule has 3 atom stereocenters. The number of hydrogen-bond donors (Lipinski definition) is 2. The zero-order chi connectivity index (χ0) is 14.0. The van der Waals surface area contributed by atoms with Crippen LogP contribution < -0.4 is 10.6 Å². The van der Waals surface area contributed by atoms with Crippen LogP contribution in [-0.2, 0) is 0 Å². The molecule has 1 aliphatic carbocycles. The van der Waals surface area contributed by atoms with Gasteiger partial charge >= 0.3 is 0 Å². The van der Waals surface area contributed by atoms with Gasteiger partial charge in [0.25, 0.3) is 5.91 Å². The maximum atomic E-state index is 12.3. The van der Waals surface area contributed by atoms with E-state index in [0.29, 0.717) is 28.2 Å². The van der Waals surface area contributed by atoms with Gasteiger partial charge in [-0.1, -0.05) is 25.4 Å². The number of anilines is 1. The van der Waals surface area contributed by atoms with Crippen molar-refractivity contribution in [3.05, 3.63) is 22.8 Å². The van der Waals surface area contributed by atoms with Gasteiger partial charge in [0.05, 0.1) is 10.6 Å². The zero-order valence-corrected chi connectivity index (χ0v) is 12.3. The van der Waals surface area contributed by atoms with Crippen molar-refractivity contribution < 1.29 is 4.79 Å². The SMILES string of the molecule is CNc1cc(C(=O)NC2CCC(C)C2C)c(Cl)cn1. The average Bonchev–Trinajstić information content (AvgIpc) is 2.71. The van der Waals surface area contributed by atoms with Gasteiger partial charge in [0.2, 0.25) is 0 Å². The lowest BCUT2D eigenvalue weighted by Gasteiger charge is -2.20. The standard InChI is InChI=1S/C14H20ClN3O/c1-8-4-5-12(9(8)2)18-14(19)10-6-13(16-3)17-7-11(10)15/h6-9,12H,4-5H2,1-3H3,(H,16,17)(H,18,19). The molecule has 19 heavy (non-hydrogen) atoms. The number of halogens is 1. The van der Waals surface area contributed by atoms with Crippen LogP contribution >= 0.6 is 11.6 Å². The van der Waals surface area contributed by atoms with E-state index >= 15 is 0 Å². The molecule has 4 nitrogen and oxygen atoms in total. The van der Waals surface area contributed by atoms with E-state index < -0.39 is 0 Å². The van der Waals surface area contributed by atoms with Crippen molar-refractivity contribution in [3.8, 4) is 0 Å². The fourth-order valence-electron chi connectivity index (χ4n) is 2.56. The van der Waals surface area contributed by atoms with Crippen molar-refractivity contribution in [2.75, 3.05) is 12.4 Å². The van der Waals surface area contributed by atoms with Crippen LogP contribution in [0.5, 0.6) is 0 Å². The molecular formula is C14H20ClN3O. The number of nitrogens with zero attached hydrogens (tertiary/aromatic N) is 1. The molecule has 1 heterocycles. The number of hydrogen-bond acceptors (Lipinski definition) is 3. The van der Waals surface area contributed by atoms with Crippen molar-refractivity contribution in [2.45, 2.75) is 32.7 Å². The summed E-state index contributed by atoms with van der Waals surface area (Å²) in [5.74, 6) is 1.69. The highest BCUT2D eigenvalue weighted by Crippen LogP contribution is 2.31. The lowest BCUT2D eigenvalue weighted by atomic mass is 9.97. The molecule has 2 rings (SSSR count). The van der Waals surface area contributed by atoms with Gasteiger partial charge < -0.3 is 10.6 Å². The number of nitrogens with one attached hydrogen (secondary N) is 2. The minimum Gasteiger partial charge on any atom is -0.373 e. The summed E-state index contributed by atoms with van der Waals surface area (Å²) in [6.07, 6.45) is 3.70. The lowest BCUT2D eigenvalue weighted by molar-refractivity contribution is 0.0927. The van der Waals surface area contributed by atoms with Crippen LogP contribution in [0, 0.1) is 11.8 Å². The highest BCUT2D eigenvalue weighted by atomic mass is 35.5. The molecule has 0 radical (unpaired) electrons. The largest absolute Gasteiger partial charge is 0.373 e. The Morgan fingerprint density at radius 1 is 1.42 bits per heavy atom. The third-order valence-electron chi connectivity index (χ3n) is 4.14. The fraction of sp³-hybridized carbons (Fsp3) is 0.571. The molecule has 1 fully saturated rings. The Bertz CT molecular complexity index is 478. The third-order valence-corrected chi connectivity index (χ3v) is 4.44. The molecule has 0 bridgehead atoms. The quantitative estimate of drug-likeness (QED) is 0.896. The van der Waals surface area contributed by atoms with Crippen molar-refractivity contribution >= 4 is 23.3 Å². The number of carbonyl (C=O) groups excluding carboxylic acids is 1. The van der Waals surface area contributed by atoms with Gasteiger partial charge in [0.15, 0.2) is 0 Å². The number of rotatable bonds is 3. The summed E-state index contributed by atoms with van der Waals surface area (Å²) < 4.78 is 0. The molecule has 1 aromatic rings. The van der Waals surface area contributed by atoms with E-state index in [0.717, 1.165) is 12.8 Å². The molecule has 1 aromatic heterocycles. The number of amides is 1. The summed E-state index contributed by atoms with van der Waals surface area (Å²) in [4.78, 5) is 16.4. The average molecular weight is 282 g/mol. The van der Waals surface area contributed by atoms with E-state index in [9.17, 15) is 4.79 Å².